The Morgan fingerprint density at radius 2 is 1.75 bits per heavy atom. The molecule has 1 fully saturated rings. The summed E-state index contributed by atoms with van der Waals surface area (Å²) in [6.07, 6.45) is 4.76. The summed E-state index contributed by atoms with van der Waals surface area (Å²) in [6.45, 7) is 6.80. The number of hydrogen-bond donors (Lipinski definition) is 1. The van der Waals surface area contributed by atoms with Crippen molar-refractivity contribution in [1.82, 2.24) is 0 Å². The maximum atomic E-state index is 9.74. The van der Waals surface area contributed by atoms with Crippen molar-refractivity contribution in [1.29, 1.82) is 0 Å². The number of hydrogen-bond acceptors (Lipinski definition) is 1. The molecule has 1 saturated carbocycles. The van der Waals surface area contributed by atoms with Crippen LogP contribution in [-0.2, 0) is 0 Å². The van der Waals surface area contributed by atoms with Crippen LogP contribution in [0.4, 0.5) is 0 Å². The summed E-state index contributed by atoms with van der Waals surface area (Å²) in [5, 5.41) is 9.74. The molecule has 1 rings (SSSR count). The van der Waals surface area contributed by atoms with Crippen LogP contribution in [0.3, 0.4) is 0 Å². The molecule has 0 bridgehead atoms. The van der Waals surface area contributed by atoms with Crippen LogP contribution in [0.25, 0.3) is 0 Å². The van der Waals surface area contributed by atoms with E-state index >= 15 is 0 Å². The average Bonchev–Trinajstić information content (AvgIpc) is 2.01. The Bertz CT molecular complexity index is 133. The first-order valence-corrected chi connectivity index (χ1v) is 5.29. The van der Waals surface area contributed by atoms with E-state index in [9.17, 15) is 5.11 Å². The maximum Gasteiger partial charge on any atom is 0.0568 e. The van der Waals surface area contributed by atoms with Crippen LogP contribution in [0.1, 0.15) is 46.5 Å². The van der Waals surface area contributed by atoms with Crippen molar-refractivity contribution in [2.75, 3.05) is 0 Å². The fraction of sp³-hybridized carbons (Fsp3) is 1.00. The van der Waals surface area contributed by atoms with Crippen LogP contribution in [-0.4, -0.2) is 11.2 Å². The highest BCUT2D eigenvalue weighted by Crippen LogP contribution is 2.30. The Balaban J connectivity index is 2.50. The van der Waals surface area contributed by atoms with E-state index in [1.165, 1.54) is 19.3 Å². The largest absolute Gasteiger partial charge is 0.393 e. The summed E-state index contributed by atoms with van der Waals surface area (Å²) in [4.78, 5) is 0. The van der Waals surface area contributed by atoms with Gasteiger partial charge in [-0.05, 0) is 30.6 Å². The summed E-state index contributed by atoms with van der Waals surface area (Å²) in [7, 11) is 0. The van der Waals surface area contributed by atoms with E-state index in [-0.39, 0.29) is 6.10 Å². The van der Waals surface area contributed by atoms with E-state index in [0.717, 1.165) is 12.3 Å². The standard InChI is InChI=1S/C11H22O/c1-8-5-4-6-11(12)10(3)9(2)7-8/h8-12H,4-7H2,1-3H3. The molecule has 0 radical (unpaired) electrons. The lowest BCUT2D eigenvalue weighted by atomic mass is 9.78. The van der Waals surface area contributed by atoms with Gasteiger partial charge in [0.15, 0.2) is 0 Å². The van der Waals surface area contributed by atoms with Crippen molar-refractivity contribution in [2.45, 2.75) is 52.6 Å². The SMILES string of the molecule is CC1CCCC(O)C(C)C(C)C1. The lowest BCUT2D eigenvalue weighted by Crippen LogP contribution is -2.27. The molecule has 12 heavy (non-hydrogen) atoms. The van der Waals surface area contributed by atoms with Gasteiger partial charge >= 0.3 is 0 Å². The first-order chi connectivity index (χ1) is 5.61. The van der Waals surface area contributed by atoms with E-state index < -0.39 is 0 Å². The Hall–Kier alpha value is -0.0400. The molecule has 0 spiro atoms. The summed E-state index contributed by atoms with van der Waals surface area (Å²) in [5.74, 6) is 2.04. The van der Waals surface area contributed by atoms with Crippen molar-refractivity contribution >= 4 is 0 Å². The summed E-state index contributed by atoms with van der Waals surface area (Å²) >= 11 is 0. The van der Waals surface area contributed by atoms with Crippen molar-refractivity contribution in [3.05, 3.63) is 0 Å². The van der Waals surface area contributed by atoms with Crippen molar-refractivity contribution < 1.29 is 5.11 Å². The fourth-order valence-electron chi connectivity index (χ4n) is 2.28. The minimum atomic E-state index is -0.0486. The molecule has 0 aliphatic heterocycles. The zero-order valence-corrected chi connectivity index (χ0v) is 8.59. The minimum absolute atomic E-state index is 0.0486. The Morgan fingerprint density at radius 3 is 2.42 bits per heavy atom. The smallest absolute Gasteiger partial charge is 0.0568 e. The lowest BCUT2D eigenvalue weighted by Gasteiger charge is -2.30. The van der Waals surface area contributed by atoms with Crippen LogP contribution in [0.5, 0.6) is 0 Å². The average molecular weight is 170 g/mol. The van der Waals surface area contributed by atoms with E-state index in [0.29, 0.717) is 11.8 Å². The normalized spacial score (nSPS) is 45.0. The molecule has 1 N–H and O–H groups in total. The molecule has 4 unspecified atom stereocenters. The minimum Gasteiger partial charge on any atom is -0.393 e. The third-order valence-electron chi connectivity index (χ3n) is 3.48. The van der Waals surface area contributed by atoms with Gasteiger partial charge in [0.2, 0.25) is 0 Å². The van der Waals surface area contributed by atoms with Gasteiger partial charge in [0.1, 0.15) is 0 Å². The Morgan fingerprint density at radius 1 is 1.08 bits per heavy atom. The molecule has 1 nitrogen and oxygen atoms in total. The van der Waals surface area contributed by atoms with Crippen molar-refractivity contribution in [3.63, 3.8) is 0 Å². The summed E-state index contributed by atoms with van der Waals surface area (Å²) in [5.41, 5.74) is 0. The molecular weight excluding hydrogens is 148 g/mol. The van der Waals surface area contributed by atoms with Gasteiger partial charge in [0.05, 0.1) is 6.10 Å². The van der Waals surface area contributed by atoms with Crippen LogP contribution in [0.15, 0.2) is 0 Å². The van der Waals surface area contributed by atoms with Gasteiger partial charge in [-0.2, -0.15) is 0 Å². The number of aliphatic hydroxyl groups excluding tert-OH is 1. The predicted molar refractivity (Wildman–Crippen MR) is 52.0 cm³/mol. The molecule has 4 atom stereocenters. The molecule has 0 aromatic heterocycles. The Labute approximate surface area is 76.2 Å². The topological polar surface area (TPSA) is 20.2 Å². The van der Waals surface area contributed by atoms with Gasteiger partial charge < -0.3 is 5.11 Å². The van der Waals surface area contributed by atoms with E-state index in [1.807, 2.05) is 0 Å². The molecule has 1 heteroatoms. The molecule has 0 amide bonds. The highest BCUT2D eigenvalue weighted by Gasteiger charge is 2.24. The van der Waals surface area contributed by atoms with Gasteiger partial charge in [0, 0.05) is 0 Å². The van der Waals surface area contributed by atoms with Gasteiger partial charge in [-0.15, -0.1) is 0 Å². The maximum absolute atomic E-state index is 9.74. The molecule has 0 saturated heterocycles. The molecule has 72 valence electrons. The van der Waals surface area contributed by atoms with E-state index in [2.05, 4.69) is 20.8 Å². The number of aliphatic hydroxyl groups is 1. The monoisotopic (exact) mass is 170 g/mol. The van der Waals surface area contributed by atoms with Crippen LogP contribution in [0.2, 0.25) is 0 Å². The third kappa shape index (κ3) is 2.48. The zero-order chi connectivity index (χ0) is 9.14. The molecule has 1 aliphatic rings. The first kappa shape index (κ1) is 10.0. The summed E-state index contributed by atoms with van der Waals surface area (Å²) < 4.78 is 0. The fourth-order valence-corrected chi connectivity index (χ4v) is 2.28. The second kappa shape index (κ2) is 4.27. The van der Waals surface area contributed by atoms with Crippen LogP contribution >= 0.6 is 0 Å². The third-order valence-corrected chi connectivity index (χ3v) is 3.48. The van der Waals surface area contributed by atoms with Gasteiger partial charge in [0.25, 0.3) is 0 Å². The van der Waals surface area contributed by atoms with Crippen molar-refractivity contribution in [2.24, 2.45) is 17.8 Å². The number of rotatable bonds is 0. The highest BCUT2D eigenvalue weighted by atomic mass is 16.3. The van der Waals surface area contributed by atoms with Gasteiger partial charge in [-0.3, -0.25) is 0 Å². The summed E-state index contributed by atoms with van der Waals surface area (Å²) in [6, 6.07) is 0. The molecular formula is C11H22O. The van der Waals surface area contributed by atoms with Gasteiger partial charge in [-0.1, -0.05) is 33.6 Å². The molecule has 1 aliphatic carbocycles. The lowest BCUT2D eigenvalue weighted by molar-refractivity contribution is 0.0586. The highest BCUT2D eigenvalue weighted by molar-refractivity contribution is 4.75. The van der Waals surface area contributed by atoms with Gasteiger partial charge in [-0.25, -0.2) is 0 Å². The van der Waals surface area contributed by atoms with Crippen LogP contribution in [0, 0.1) is 17.8 Å². The zero-order valence-electron chi connectivity index (χ0n) is 8.59. The molecule has 0 aromatic rings. The molecule has 0 aromatic carbocycles. The Kier molecular flexibility index (Phi) is 3.57. The quantitative estimate of drug-likeness (QED) is 0.592. The predicted octanol–water partition coefficient (Wildman–Crippen LogP) is 2.83. The first-order valence-electron chi connectivity index (χ1n) is 5.29. The van der Waals surface area contributed by atoms with Crippen LogP contribution < -0.4 is 0 Å². The second-order valence-corrected chi connectivity index (χ2v) is 4.68. The van der Waals surface area contributed by atoms with E-state index in [4.69, 9.17) is 0 Å². The molecule has 0 heterocycles. The van der Waals surface area contributed by atoms with E-state index in [1.54, 1.807) is 0 Å². The van der Waals surface area contributed by atoms with Crippen molar-refractivity contribution in [3.8, 4) is 0 Å². The second-order valence-electron chi connectivity index (χ2n) is 4.68.